The predicted octanol–water partition coefficient (Wildman–Crippen LogP) is 1.08. The van der Waals surface area contributed by atoms with Crippen molar-refractivity contribution >= 4 is 17.0 Å². The van der Waals surface area contributed by atoms with E-state index in [2.05, 4.69) is 20.3 Å². The molecule has 78 valence electrons. The van der Waals surface area contributed by atoms with Crippen molar-refractivity contribution < 1.29 is 4.74 Å². The molecular formula is C10H12N4O. The van der Waals surface area contributed by atoms with Crippen LogP contribution in [-0.4, -0.2) is 35.2 Å². The monoisotopic (exact) mass is 204 g/mol. The van der Waals surface area contributed by atoms with Crippen molar-refractivity contribution in [2.75, 3.05) is 25.6 Å². The van der Waals surface area contributed by atoms with Crippen LogP contribution in [0.4, 0.5) is 5.82 Å². The summed E-state index contributed by atoms with van der Waals surface area (Å²) in [5, 5.41) is 3.13. The topological polar surface area (TPSA) is 59.9 Å². The molecule has 0 saturated heterocycles. The van der Waals surface area contributed by atoms with E-state index < -0.39 is 0 Å². The standard InChI is InChI=1S/C10H12N4O/c1-15-7-6-12-9-3-2-8-10(14-9)13-5-4-11-8/h2-5H,6-7H2,1H3,(H,12,13,14). The van der Waals surface area contributed by atoms with Gasteiger partial charge in [-0.25, -0.2) is 9.97 Å². The summed E-state index contributed by atoms with van der Waals surface area (Å²) in [5.41, 5.74) is 1.45. The number of aromatic nitrogens is 3. The highest BCUT2D eigenvalue weighted by Crippen LogP contribution is 2.09. The molecule has 15 heavy (non-hydrogen) atoms. The van der Waals surface area contributed by atoms with Gasteiger partial charge in [-0.1, -0.05) is 0 Å². The van der Waals surface area contributed by atoms with Crippen LogP contribution < -0.4 is 5.32 Å². The van der Waals surface area contributed by atoms with E-state index in [1.807, 2.05) is 12.1 Å². The van der Waals surface area contributed by atoms with Crippen LogP contribution in [0.25, 0.3) is 11.2 Å². The zero-order valence-electron chi connectivity index (χ0n) is 8.47. The molecule has 0 aliphatic rings. The molecule has 0 unspecified atom stereocenters. The molecule has 0 bridgehead atoms. The molecule has 0 fully saturated rings. The van der Waals surface area contributed by atoms with E-state index in [0.29, 0.717) is 12.3 Å². The minimum Gasteiger partial charge on any atom is -0.383 e. The normalized spacial score (nSPS) is 10.5. The minimum atomic E-state index is 0.653. The molecule has 5 heteroatoms. The minimum absolute atomic E-state index is 0.653. The molecule has 2 rings (SSSR count). The summed E-state index contributed by atoms with van der Waals surface area (Å²) in [4.78, 5) is 12.6. The first kappa shape index (κ1) is 9.79. The van der Waals surface area contributed by atoms with Gasteiger partial charge in [-0.3, -0.25) is 4.98 Å². The highest BCUT2D eigenvalue weighted by molar-refractivity contribution is 5.71. The molecule has 0 amide bonds. The van der Waals surface area contributed by atoms with Gasteiger partial charge in [0.05, 0.1) is 6.61 Å². The Hall–Kier alpha value is -1.75. The average molecular weight is 204 g/mol. The third-order valence-corrected chi connectivity index (χ3v) is 1.94. The Labute approximate surface area is 87.5 Å². The van der Waals surface area contributed by atoms with E-state index in [4.69, 9.17) is 4.74 Å². The van der Waals surface area contributed by atoms with E-state index >= 15 is 0 Å². The van der Waals surface area contributed by atoms with Gasteiger partial charge < -0.3 is 10.1 Å². The summed E-state index contributed by atoms with van der Waals surface area (Å²) < 4.78 is 4.93. The molecule has 5 nitrogen and oxygen atoms in total. The van der Waals surface area contributed by atoms with E-state index in [1.165, 1.54) is 0 Å². The third-order valence-electron chi connectivity index (χ3n) is 1.94. The Morgan fingerprint density at radius 2 is 2.13 bits per heavy atom. The van der Waals surface area contributed by atoms with Crippen molar-refractivity contribution in [2.24, 2.45) is 0 Å². The van der Waals surface area contributed by atoms with Gasteiger partial charge in [0.15, 0.2) is 5.65 Å². The van der Waals surface area contributed by atoms with Crippen LogP contribution in [-0.2, 0) is 4.74 Å². The van der Waals surface area contributed by atoms with Crippen LogP contribution in [0.15, 0.2) is 24.5 Å². The summed E-state index contributed by atoms with van der Waals surface area (Å²) in [6, 6.07) is 3.77. The second-order valence-electron chi connectivity index (χ2n) is 3.02. The number of fused-ring (bicyclic) bond motifs is 1. The lowest BCUT2D eigenvalue weighted by molar-refractivity contribution is 0.210. The molecule has 0 aromatic carbocycles. The van der Waals surface area contributed by atoms with Crippen LogP contribution in [0, 0.1) is 0 Å². The SMILES string of the molecule is COCCNc1ccc2nccnc2n1. The number of anilines is 1. The van der Waals surface area contributed by atoms with Crippen molar-refractivity contribution in [1.82, 2.24) is 15.0 Å². The Morgan fingerprint density at radius 1 is 1.27 bits per heavy atom. The Bertz CT molecular complexity index is 446. The summed E-state index contributed by atoms with van der Waals surface area (Å²) in [5.74, 6) is 0.792. The van der Waals surface area contributed by atoms with Gasteiger partial charge >= 0.3 is 0 Å². The molecule has 0 atom stereocenters. The molecule has 2 heterocycles. The lowest BCUT2D eigenvalue weighted by Crippen LogP contribution is -2.08. The van der Waals surface area contributed by atoms with Crippen molar-refractivity contribution in [3.63, 3.8) is 0 Å². The Morgan fingerprint density at radius 3 is 3.00 bits per heavy atom. The summed E-state index contributed by atoms with van der Waals surface area (Å²) in [7, 11) is 1.67. The second-order valence-corrected chi connectivity index (χ2v) is 3.02. The zero-order valence-corrected chi connectivity index (χ0v) is 8.47. The number of methoxy groups -OCH3 is 1. The number of ether oxygens (including phenoxy) is 1. The average Bonchev–Trinajstić information content (AvgIpc) is 2.29. The highest BCUT2D eigenvalue weighted by atomic mass is 16.5. The fourth-order valence-corrected chi connectivity index (χ4v) is 1.23. The first-order valence-corrected chi connectivity index (χ1v) is 4.71. The number of rotatable bonds is 4. The van der Waals surface area contributed by atoms with Crippen molar-refractivity contribution in [3.05, 3.63) is 24.5 Å². The largest absolute Gasteiger partial charge is 0.383 e. The smallest absolute Gasteiger partial charge is 0.180 e. The number of nitrogens with one attached hydrogen (secondary N) is 1. The van der Waals surface area contributed by atoms with E-state index in [1.54, 1.807) is 19.5 Å². The molecule has 0 radical (unpaired) electrons. The van der Waals surface area contributed by atoms with E-state index in [9.17, 15) is 0 Å². The van der Waals surface area contributed by atoms with Gasteiger partial charge in [0, 0.05) is 26.0 Å². The molecule has 2 aromatic heterocycles. The van der Waals surface area contributed by atoms with Gasteiger partial charge in [0.25, 0.3) is 0 Å². The van der Waals surface area contributed by atoms with Crippen LogP contribution in [0.2, 0.25) is 0 Å². The zero-order chi connectivity index (χ0) is 10.5. The van der Waals surface area contributed by atoms with E-state index in [0.717, 1.165) is 17.9 Å². The number of hydrogen-bond acceptors (Lipinski definition) is 5. The van der Waals surface area contributed by atoms with Crippen molar-refractivity contribution in [3.8, 4) is 0 Å². The maximum atomic E-state index is 4.93. The molecular weight excluding hydrogens is 192 g/mol. The first-order valence-electron chi connectivity index (χ1n) is 4.71. The van der Waals surface area contributed by atoms with Gasteiger partial charge in [-0.15, -0.1) is 0 Å². The van der Waals surface area contributed by atoms with Crippen molar-refractivity contribution in [2.45, 2.75) is 0 Å². The number of nitrogens with zero attached hydrogens (tertiary/aromatic N) is 3. The predicted molar refractivity (Wildman–Crippen MR) is 57.7 cm³/mol. The van der Waals surface area contributed by atoms with Gasteiger partial charge in [-0.2, -0.15) is 0 Å². The lowest BCUT2D eigenvalue weighted by atomic mass is 10.4. The molecule has 1 N–H and O–H groups in total. The maximum absolute atomic E-state index is 4.93. The van der Waals surface area contributed by atoms with Gasteiger partial charge in [0.2, 0.25) is 0 Å². The van der Waals surface area contributed by atoms with Gasteiger partial charge in [-0.05, 0) is 12.1 Å². The number of hydrogen-bond donors (Lipinski definition) is 1. The first-order chi connectivity index (χ1) is 7.40. The number of pyridine rings is 1. The fourth-order valence-electron chi connectivity index (χ4n) is 1.23. The molecule has 2 aromatic rings. The molecule has 0 aliphatic carbocycles. The highest BCUT2D eigenvalue weighted by Gasteiger charge is 1.98. The molecule has 0 saturated carbocycles. The third kappa shape index (κ3) is 2.38. The second kappa shape index (κ2) is 4.65. The molecule has 0 spiro atoms. The van der Waals surface area contributed by atoms with Crippen LogP contribution in [0.5, 0.6) is 0 Å². The van der Waals surface area contributed by atoms with Crippen LogP contribution in [0.1, 0.15) is 0 Å². The maximum Gasteiger partial charge on any atom is 0.180 e. The van der Waals surface area contributed by atoms with Crippen LogP contribution >= 0.6 is 0 Å². The van der Waals surface area contributed by atoms with Crippen molar-refractivity contribution in [1.29, 1.82) is 0 Å². The van der Waals surface area contributed by atoms with Crippen LogP contribution in [0.3, 0.4) is 0 Å². The quantitative estimate of drug-likeness (QED) is 0.755. The molecule has 0 aliphatic heterocycles. The lowest BCUT2D eigenvalue weighted by Gasteiger charge is -2.04. The van der Waals surface area contributed by atoms with Gasteiger partial charge in [0.1, 0.15) is 11.3 Å². The summed E-state index contributed by atoms with van der Waals surface area (Å²) >= 11 is 0. The fraction of sp³-hybridized carbons (Fsp3) is 0.300. The summed E-state index contributed by atoms with van der Waals surface area (Å²) in [6.45, 7) is 1.38. The van der Waals surface area contributed by atoms with E-state index in [-0.39, 0.29) is 0 Å². The Kier molecular flexibility index (Phi) is 3.04. The Balaban J connectivity index is 2.16. The summed E-state index contributed by atoms with van der Waals surface area (Å²) in [6.07, 6.45) is 3.29.